The fraction of sp³-hybridized carbons (Fsp3) is 0.333. The van der Waals surface area contributed by atoms with Crippen molar-refractivity contribution in [1.82, 2.24) is 0 Å². The van der Waals surface area contributed by atoms with Gasteiger partial charge in [0.1, 0.15) is 0 Å². The second-order valence-corrected chi connectivity index (χ2v) is 3.78. The molecule has 0 saturated heterocycles. The summed E-state index contributed by atoms with van der Waals surface area (Å²) in [5.74, 6) is 0.0708. The topological polar surface area (TPSA) is 29.5 Å². The molecule has 0 bridgehead atoms. The minimum atomic E-state index is -4.76. The van der Waals surface area contributed by atoms with E-state index in [9.17, 15) is 13.2 Å². The van der Waals surface area contributed by atoms with E-state index in [0.717, 1.165) is 12.1 Å². The van der Waals surface area contributed by atoms with Gasteiger partial charge >= 0.3 is 6.18 Å². The van der Waals surface area contributed by atoms with E-state index in [-0.39, 0.29) is 15.8 Å². The largest absolute Gasteiger partial charge is 0.494 e. The number of aliphatic hydroxyl groups is 1. The Hall–Kier alpha value is -0.650. The second-order valence-electron chi connectivity index (χ2n) is 2.96. The monoisotopic (exact) mass is 274 g/mol. The highest BCUT2D eigenvalue weighted by molar-refractivity contribution is 6.37. The molecule has 2 nitrogen and oxygen atoms in total. The van der Waals surface area contributed by atoms with Crippen LogP contribution in [0.1, 0.15) is 11.7 Å². The standard InChI is InChI=1S/C9H7Cl2F3O2/c1-16-7-5(10)2-4(3-6(7)11)8(15)9(12,13)14/h2-3,8,15H,1H3. The fourth-order valence-electron chi connectivity index (χ4n) is 1.12. The van der Waals surface area contributed by atoms with Crippen molar-refractivity contribution >= 4 is 23.2 Å². The zero-order valence-electron chi connectivity index (χ0n) is 7.98. The SMILES string of the molecule is COc1c(Cl)cc(C(O)C(F)(F)F)cc1Cl. The van der Waals surface area contributed by atoms with Gasteiger partial charge in [-0.2, -0.15) is 13.2 Å². The second kappa shape index (κ2) is 4.69. The molecule has 16 heavy (non-hydrogen) atoms. The first kappa shape index (κ1) is 13.4. The molecule has 1 aromatic carbocycles. The zero-order valence-corrected chi connectivity index (χ0v) is 9.49. The van der Waals surface area contributed by atoms with Crippen LogP contribution in [0.5, 0.6) is 5.75 Å². The first-order valence-corrected chi connectivity index (χ1v) is 4.80. The molecule has 0 aliphatic carbocycles. The van der Waals surface area contributed by atoms with Crippen molar-refractivity contribution in [2.75, 3.05) is 7.11 Å². The number of aliphatic hydroxyl groups excluding tert-OH is 1. The number of hydrogen-bond donors (Lipinski definition) is 1. The number of benzene rings is 1. The number of rotatable bonds is 2. The molecule has 0 radical (unpaired) electrons. The van der Waals surface area contributed by atoms with Gasteiger partial charge in [0.25, 0.3) is 0 Å². The highest BCUT2D eigenvalue weighted by Gasteiger charge is 2.39. The molecular formula is C9H7Cl2F3O2. The highest BCUT2D eigenvalue weighted by atomic mass is 35.5. The van der Waals surface area contributed by atoms with Gasteiger partial charge in [-0.1, -0.05) is 23.2 Å². The lowest BCUT2D eigenvalue weighted by Crippen LogP contribution is -2.20. The number of ether oxygens (including phenoxy) is 1. The molecule has 1 unspecified atom stereocenters. The molecule has 1 N–H and O–H groups in total. The van der Waals surface area contributed by atoms with Crippen molar-refractivity contribution in [2.24, 2.45) is 0 Å². The van der Waals surface area contributed by atoms with Gasteiger partial charge in [0.2, 0.25) is 0 Å². The van der Waals surface area contributed by atoms with E-state index in [1.165, 1.54) is 7.11 Å². The van der Waals surface area contributed by atoms with Gasteiger partial charge in [0.15, 0.2) is 11.9 Å². The molecule has 1 aromatic rings. The molecule has 0 amide bonds. The van der Waals surface area contributed by atoms with Gasteiger partial charge in [-0.25, -0.2) is 0 Å². The molecule has 0 aliphatic rings. The van der Waals surface area contributed by atoms with Crippen molar-refractivity contribution < 1.29 is 23.0 Å². The molecule has 90 valence electrons. The van der Waals surface area contributed by atoms with Crippen LogP contribution in [0.25, 0.3) is 0 Å². The first-order chi connectivity index (χ1) is 7.27. The summed E-state index contributed by atoms with van der Waals surface area (Å²) < 4.78 is 41.4. The van der Waals surface area contributed by atoms with E-state index in [2.05, 4.69) is 0 Å². The van der Waals surface area contributed by atoms with Gasteiger partial charge in [0, 0.05) is 0 Å². The quantitative estimate of drug-likeness (QED) is 0.893. The lowest BCUT2D eigenvalue weighted by molar-refractivity contribution is -0.206. The third kappa shape index (κ3) is 2.72. The summed E-state index contributed by atoms with van der Waals surface area (Å²) in [7, 11) is 1.28. The maximum Gasteiger partial charge on any atom is 0.418 e. The van der Waals surface area contributed by atoms with Gasteiger partial charge < -0.3 is 9.84 Å². The normalized spacial score (nSPS) is 13.7. The molecule has 0 aromatic heterocycles. The van der Waals surface area contributed by atoms with Crippen LogP contribution in [0.3, 0.4) is 0 Å². The first-order valence-electron chi connectivity index (χ1n) is 4.05. The Labute approximate surface area is 99.5 Å². The van der Waals surface area contributed by atoms with Gasteiger partial charge in [0.05, 0.1) is 17.2 Å². The summed E-state index contributed by atoms with van der Waals surface area (Å²) in [5, 5.41) is 8.81. The summed E-state index contributed by atoms with van der Waals surface area (Å²) in [6.45, 7) is 0. The Morgan fingerprint density at radius 1 is 1.25 bits per heavy atom. The molecule has 1 atom stereocenters. The van der Waals surface area contributed by atoms with Crippen LogP contribution in [0.15, 0.2) is 12.1 Å². The lowest BCUT2D eigenvalue weighted by atomic mass is 10.1. The molecule has 0 spiro atoms. The lowest BCUT2D eigenvalue weighted by Gasteiger charge is -2.16. The van der Waals surface area contributed by atoms with E-state index in [1.54, 1.807) is 0 Å². The summed E-state index contributed by atoms with van der Waals surface area (Å²) in [6.07, 6.45) is -7.38. The minimum Gasteiger partial charge on any atom is -0.494 e. The fourth-order valence-corrected chi connectivity index (χ4v) is 1.78. The Morgan fingerprint density at radius 3 is 2.00 bits per heavy atom. The van der Waals surface area contributed by atoms with Crippen LogP contribution in [0.2, 0.25) is 10.0 Å². The average molecular weight is 275 g/mol. The predicted octanol–water partition coefficient (Wildman–Crippen LogP) is 3.60. The van der Waals surface area contributed by atoms with Crippen LogP contribution in [0, 0.1) is 0 Å². The Kier molecular flexibility index (Phi) is 3.93. The van der Waals surface area contributed by atoms with Crippen molar-refractivity contribution in [2.45, 2.75) is 12.3 Å². The summed E-state index contributed by atoms with van der Waals surface area (Å²) in [5.41, 5.74) is -0.427. The highest BCUT2D eigenvalue weighted by Crippen LogP contribution is 2.39. The molecule has 7 heteroatoms. The Bertz CT molecular complexity index is 370. The van der Waals surface area contributed by atoms with E-state index in [0.29, 0.717) is 0 Å². The molecule has 1 rings (SSSR count). The molecule has 0 saturated carbocycles. The van der Waals surface area contributed by atoms with E-state index in [1.807, 2.05) is 0 Å². The van der Waals surface area contributed by atoms with Crippen LogP contribution in [-0.2, 0) is 0 Å². The zero-order chi connectivity index (χ0) is 12.5. The van der Waals surface area contributed by atoms with Crippen molar-refractivity contribution in [1.29, 1.82) is 0 Å². The van der Waals surface area contributed by atoms with Crippen molar-refractivity contribution in [3.63, 3.8) is 0 Å². The number of hydrogen-bond acceptors (Lipinski definition) is 2. The number of halogens is 5. The number of alkyl halides is 3. The third-order valence-corrected chi connectivity index (χ3v) is 2.41. The Balaban J connectivity index is 3.19. The minimum absolute atomic E-state index is 0.0708. The summed E-state index contributed by atoms with van der Waals surface area (Å²) in [4.78, 5) is 0. The van der Waals surface area contributed by atoms with E-state index in [4.69, 9.17) is 33.0 Å². The predicted molar refractivity (Wildman–Crippen MR) is 54.0 cm³/mol. The van der Waals surface area contributed by atoms with E-state index >= 15 is 0 Å². The Morgan fingerprint density at radius 2 is 1.69 bits per heavy atom. The molecule has 0 aliphatic heterocycles. The van der Waals surface area contributed by atoms with Gasteiger partial charge in [-0.3, -0.25) is 0 Å². The van der Waals surface area contributed by atoms with Gasteiger partial charge in [-0.15, -0.1) is 0 Å². The van der Waals surface area contributed by atoms with Crippen LogP contribution < -0.4 is 4.74 Å². The maximum atomic E-state index is 12.2. The van der Waals surface area contributed by atoms with Crippen molar-refractivity contribution in [3.05, 3.63) is 27.7 Å². The van der Waals surface area contributed by atoms with Crippen LogP contribution >= 0.6 is 23.2 Å². The van der Waals surface area contributed by atoms with Crippen LogP contribution in [0.4, 0.5) is 13.2 Å². The van der Waals surface area contributed by atoms with Crippen molar-refractivity contribution in [3.8, 4) is 5.75 Å². The smallest absolute Gasteiger partial charge is 0.418 e. The van der Waals surface area contributed by atoms with Crippen LogP contribution in [-0.4, -0.2) is 18.4 Å². The molecule has 0 heterocycles. The third-order valence-electron chi connectivity index (χ3n) is 1.85. The molecular weight excluding hydrogens is 268 g/mol. The maximum absolute atomic E-state index is 12.2. The van der Waals surface area contributed by atoms with E-state index < -0.39 is 17.8 Å². The summed E-state index contributed by atoms with van der Waals surface area (Å²) in [6, 6.07) is 1.93. The molecule has 0 fully saturated rings. The van der Waals surface area contributed by atoms with Gasteiger partial charge in [-0.05, 0) is 17.7 Å². The average Bonchev–Trinajstić information content (AvgIpc) is 2.14. The number of methoxy groups -OCH3 is 1. The summed E-state index contributed by atoms with van der Waals surface area (Å²) >= 11 is 11.3.